The molecule has 0 amide bonds. The van der Waals surface area contributed by atoms with Crippen LogP contribution in [-0.2, 0) is 11.3 Å². The van der Waals surface area contributed by atoms with E-state index in [4.69, 9.17) is 9.47 Å². The average Bonchev–Trinajstić information content (AvgIpc) is 2.35. The Morgan fingerprint density at radius 1 is 1.29 bits per heavy atom. The van der Waals surface area contributed by atoms with E-state index in [0.29, 0.717) is 0 Å². The maximum Gasteiger partial charge on any atom is 0.218 e. The first-order valence-corrected chi connectivity index (χ1v) is 7.84. The summed E-state index contributed by atoms with van der Waals surface area (Å²) in [4.78, 5) is 4.42. The molecule has 0 spiro atoms. The fraction of sp³-hybridized carbons (Fsp3) is 0.706. The number of rotatable bonds is 4. The molecular formula is C17H28N2O2. The average molecular weight is 292 g/mol. The molecule has 4 heteroatoms. The zero-order valence-corrected chi connectivity index (χ0v) is 13.8. The molecule has 1 saturated heterocycles. The highest BCUT2D eigenvalue weighted by Gasteiger charge is 2.26. The van der Waals surface area contributed by atoms with Crippen LogP contribution in [0.2, 0.25) is 0 Å². The minimum atomic E-state index is 0.0782. The fourth-order valence-corrected chi connectivity index (χ4v) is 2.62. The van der Waals surface area contributed by atoms with Gasteiger partial charge in [-0.3, -0.25) is 0 Å². The van der Waals surface area contributed by atoms with Gasteiger partial charge in [0.2, 0.25) is 5.88 Å². The summed E-state index contributed by atoms with van der Waals surface area (Å²) in [6, 6.07) is 4.04. The maximum atomic E-state index is 6.16. The predicted molar refractivity (Wildman–Crippen MR) is 84.5 cm³/mol. The number of ether oxygens (including phenoxy) is 2. The Morgan fingerprint density at radius 2 is 1.95 bits per heavy atom. The monoisotopic (exact) mass is 292 g/mol. The van der Waals surface area contributed by atoms with Gasteiger partial charge >= 0.3 is 0 Å². The summed E-state index contributed by atoms with van der Waals surface area (Å²) in [6.07, 6.45) is 4.33. The normalized spacial score (nSPS) is 26.6. The lowest BCUT2D eigenvalue weighted by atomic mass is 10.0. The van der Waals surface area contributed by atoms with E-state index in [2.05, 4.69) is 51.0 Å². The van der Waals surface area contributed by atoms with Gasteiger partial charge in [0.1, 0.15) is 6.10 Å². The summed E-state index contributed by atoms with van der Waals surface area (Å²) in [5.41, 5.74) is 1.19. The summed E-state index contributed by atoms with van der Waals surface area (Å²) in [5.74, 6) is 0.751. The van der Waals surface area contributed by atoms with Gasteiger partial charge < -0.3 is 14.8 Å². The molecule has 21 heavy (non-hydrogen) atoms. The SMILES string of the molecule is CC1CC(Oc2ncccc2CNC(C)(C)C)CC(C)O1. The largest absolute Gasteiger partial charge is 0.474 e. The topological polar surface area (TPSA) is 43.4 Å². The van der Waals surface area contributed by atoms with Gasteiger partial charge in [-0.25, -0.2) is 4.98 Å². The van der Waals surface area contributed by atoms with E-state index < -0.39 is 0 Å². The minimum absolute atomic E-state index is 0.0782. The first-order valence-electron chi connectivity index (χ1n) is 7.84. The molecule has 0 aromatic carbocycles. The smallest absolute Gasteiger partial charge is 0.218 e. The van der Waals surface area contributed by atoms with Gasteiger partial charge in [-0.05, 0) is 40.7 Å². The van der Waals surface area contributed by atoms with Crippen molar-refractivity contribution in [1.29, 1.82) is 0 Å². The second kappa shape index (κ2) is 6.75. The number of pyridine rings is 1. The van der Waals surface area contributed by atoms with Crippen LogP contribution in [0.5, 0.6) is 5.88 Å². The zero-order valence-electron chi connectivity index (χ0n) is 13.8. The molecule has 1 aliphatic heterocycles. The van der Waals surface area contributed by atoms with E-state index in [9.17, 15) is 0 Å². The van der Waals surface area contributed by atoms with Crippen LogP contribution in [0.3, 0.4) is 0 Å². The van der Waals surface area contributed by atoms with E-state index in [1.165, 1.54) is 0 Å². The molecule has 2 atom stereocenters. The quantitative estimate of drug-likeness (QED) is 0.924. The summed E-state index contributed by atoms with van der Waals surface area (Å²) in [5, 5.41) is 3.49. The number of aromatic nitrogens is 1. The van der Waals surface area contributed by atoms with Gasteiger partial charge in [-0.2, -0.15) is 0 Å². The first kappa shape index (κ1) is 16.2. The molecule has 2 heterocycles. The van der Waals surface area contributed by atoms with Crippen LogP contribution in [0.25, 0.3) is 0 Å². The second-order valence-corrected chi connectivity index (χ2v) is 7.04. The molecule has 4 nitrogen and oxygen atoms in total. The van der Waals surface area contributed by atoms with Crippen molar-refractivity contribution in [3.8, 4) is 5.88 Å². The highest BCUT2D eigenvalue weighted by atomic mass is 16.5. The van der Waals surface area contributed by atoms with Crippen molar-refractivity contribution in [1.82, 2.24) is 10.3 Å². The van der Waals surface area contributed by atoms with Crippen molar-refractivity contribution < 1.29 is 9.47 Å². The van der Waals surface area contributed by atoms with Crippen molar-refractivity contribution in [3.63, 3.8) is 0 Å². The van der Waals surface area contributed by atoms with Crippen LogP contribution in [0.4, 0.5) is 0 Å². The van der Waals surface area contributed by atoms with Crippen LogP contribution in [0.15, 0.2) is 18.3 Å². The molecule has 2 rings (SSSR count). The summed E-state index contributed by atoms with van der Waals surface area (Å²) in [6.45, 7) is 11.4. The van der Waals surface area contributed by atoms with Crippen molar-refractivity contribution in [2.45, 2.75) is 77.9 Å². The molecule has 0 aliphatic carbocycles. The molecule has 1 aliphatic rings. The highest BCUT2D eigenvalue weighted by molar-refractivity contribution is 5.25. The Bertz CT molecular complexity index is 446. The Hall–Kier alpha value is -1.13. The number of nitrogens with one attached hydrogen (secondary N) is 1. The molecule has 0 bridgehead atoms. The molecule has 0 saturated carbocycles. The third-order valence-corrected chi connectivity index (χ3v) is 3.59. The van der Waals surface area contributed by atoms with E-state index in [-0.39, 0.29) is 23.9 Å². The van der Waals surface area contributed by atoms with Crippen molar-refractivity contribution in [2.24, 2.45) is 0 Å². The Kier molecular flexibility index (Phi) is 5.22. The fourth-order valence-electron chi connectivity index (χ4n) is 2.62. The third-order valence-electron chi connectivity index (χ3n) is 3.59. The zero-order chi connectivity index (χ0) is 15.5. The first-order chi connectivity index (χ1) is 9.83. The van der Waals surface area contributed by atoms with E-state index in [1.807, 2.05) is 6.07 Å². The lowest BCUT2D eigenvalue weighted by Crippen LogP contribution is -2.37. The van der Waals surface area contributed by atoms with Crippen molar-refractivity contribution in [2.75, 3.05) is 0 Å². The maximum absolute atomic E-state index is 6.16. The predicted octanol–water partition coefficient (Wildman–Crippen LogP) is 3.30. The molecule has 1 aromatic rings. The molecule has 0 radical (unpaired) electrons. The lowest BCUT2D eigenvalue weighted by molar-refractivity contribution is -0.0731. The van der Waals surface area contributed by atoms with E-state index in [1.54, 1.807) is 6.20 Å². The van der Waals surface area contributed by atoms with Crippen molar-refractivity contribution >= 4 is 0 Å². The van der Waals surface area contributed by atoms with Crippen LogP contribution >= 0.6 is 0 Å². The second-order valence-electron chi connectivity index (χ2n) is 7.04. The van der Waals surface area contributed by atoms with Gasteiger partial charge in [0.05, 0.1) is 12.2 Å². The minimum Gasteiger partial charge on any atom is -0.474 e. The Labute approximate surface area is 128 Å². The molecule has 1 aromatic heterocycles. The van der Waals surface area contributed by atoms with E-state index >= 15 is 0 Å². The third kappa shape index (κ3) is 5.29. The van der Waals surface area contributed by atoms with Crippen LogP contribution in [0, 0.1) is 0 Å². The van der Waals surface area contributed by atoms with Crippen LogP contribution in [0.1, 0.15) is 53.0 Å². The summed E-state index contributed by atoms with van der Waals surface area (Å²) < 4.78 is 11.9. The van der Waals surface area contributed by atoms with Crippen molar-refractivity contribution in [3.05, 3.63) is 23.9 Å². The van der Waals surface area contributed by atoms with Gasteiger partial charge in [-0.1, -0.05) is 6.07 Å². The van der Waals surface area contributed by atoms with Crippen LogP contribution < -0.4 is 10.1 Å². The highest BCUT2D eigenvalue weighted by Crippen LogP contribution is 2.25. The molecule has 1 fully saturated rings. The van der Waals surface area contributed by atoms with E-state index in [0.717, 1.165) is 30.8 Å². The summed E-state index contributed by atoms with van der Waals surface area (Å²) in [7, 11) is 0. The van der Waals surface area contributed by atoms with Gasteiger partial charge in [0, 0.05) is 36.7 Å². The lowest BCUT2D eigenvalue weighted by Gasteiger charge is -2.32. The van der Waals surface area contributed by atoms with Gasteiger partial charge in [0.25, 0.3) is 0 Å². The molecule has 118 valence electrons. The number of hydrogen-bond donors (Lipinski definition) is 1. The Balaban J connectivity index is 2.02. The molecular weight excluding hydrogens is 264 g/mol. The van der Waals surface area contributed by atoms with Crippen LogP contribution in [-0.4, -0.2) is 28.8 Å². The van der Waals surface area contributed by atoms with Gasteiger partial charge in [0.15, 0.2) is 0 Å². The Morgan fingerprint density at radius 3 is 2.57 bits per heavy atom. The number of nitrogens with zero attached hydrogens (tertiary/aromatic N) is 1. The van der Waals surface area contributed by atoms with Gasteiger partial charge in [-0.15, -0.1) is 0 Å². The standard InChI is InChI=1S/C17H28N2O2/c1-12-9-15(10-13(2)20-12)21-16-14(7-6-8-18-16)11-19-17(3,4)5/h6-8,12-13,15,19H,9-11H2,1-5H3. The summed E-state index contributed by atoms with van der Waals surface area (Å²) >= 11 is 0. The molecule has 2 unspecified atom stereocenters. The number of hydrogen-bond acceptors (Lipinski definition) is 4. The molecule has 1 N–H and O–H groups in total.